The lowest BCUT2D eigenvalue weighted by molar-refractivity contribution is 0.0390. The van der Waals surface area contributed by atoms with Gasteiger partial charge in [-0.05, 0) is 44.9 Å². The number of hydrogen-bond donors (Lipinski definition) is 1. The molecule has 1 unspecified atom stereocenters. The van der Waals surface area contributed by atoms with Crippen LogP contribution in [0.2, 0.25) is 0 Å². The first-order valence-electron chi connectivity index (χ1n) is 6.16. The fourth-order valence-electron chi connectivity index (χ4n) is 2.05. The third-order valence-corrected chi connectivity index (χ3v) is 2.98. The lowest BCUT2D eigenvalue weighted by atomic mass is 9.92. The number of hydrogen-bond acceptors (Lipinski definition) is 3. The molecule has 0 radical (unpaired) electrons. The molecular formula is C12H24O3. The van der Waals surface area contributed by atoms with Gasteiger partial charge in [0.05, 0.1) is 6.10 Å². The first kappa shape index (κ1) is 12.9. The molecule has 1 atom stereocenters. The predicted octanol–water partition coefficient (Wildman–Crippen LogP) is 1.98. The normalized spacial score (nSPS) is 20.4. The third-order valence-electron chi connectivity index (χ3n) is 2.98. The zero-order valence-corrected chi connectivity index (χ0v) is 9.78. The van der Waals surface area contributed by atoms with Gasteiger partial charge in [0.15, 0.2) is 0 Å². The molecule has 0 spiro atoms. The Morgan fingerprint density at radius 3 is 2.80 bits per heavy atom. The second-order valence-electron chi connectivity index (χ2n) is 4.28. The van der Waals surface area contributed by atoms with Gasteiger partial charge < -0.3 is 14.6 Å². The SMILES string of the molecule is CCOCCCC(O)CC1CCOCC1. The second-order valence-corrected chi connectivity index (χ2v) is 4.28. The van der Waals surface area contributed by atoms with Crippen molar-refractivity contribution in [1.29, 1.82) is 0 Å². The van der Waals surface area contributed by atoms with E-state index in [9.17, 15) is 5.11 Å². The number of aliphatic hydroxyl groups excluding tert-OH is 1. The van der Waals surface area contributed by atoms with Crippen LogP contribution in [0.3, 0.4) is 0 Å². The zero-order valence-electron chi connectivity index (χ0n) is 9.78. The smallest absolute Gasteiger partial charge is 0.0543 e. The van der Waals surface area contributed by atoms with Gasteiger partial charge in [-0.1, -0.05) is 0 Å². The van der Waals surface area contributed by atoms with E-state index in [1.165, 1.54) is 0 Å². The molecule has 1 aliphatic rings. The molecule has 1 heterocycles. The van der Waals surface area contributed by atoms with E-state index in [4.69, 9.17) is 9.47 Å². The highest BCUT2D eigenvalue weighted by Gasteiger charge is 2.17. The molecule has 0 aromatic carbocycles. The molecule has 1 aliphatic heterocycles. The van der Waals surface area contributed by atoms with Gasteiger partial charge in [0.1, 0.15) is 0 Å². The summed E-state index contributed by atoms with van der Waals surface area (Å²) < 4.78 is 10.5. The Kier molecular flexibility index (Phi) is 6.98. The largest absolute Gasteiger partial charge is 0.393 e. The molecule has 1 saturated heterocycles. The van der Waals surface area contributed by atoms with Crippen LogP contribution < -0.4 is 0 Å². The van der Waals surface area contributed by atoms with Crippen molar-refractivity contribution in [2.24, 2.45) is 5.92 Å². The summed E-state index contributed by atoms with van der Waals surface area (Å²) in [4.78, 5) is 0. The van der Waals surface area contributed by atoms with Gasteiger partial charge in [-0.25, -0.2) is 0 Å². The molecule has 3 heteroatoms. The monoisotopic (exact) mass is 216 g/mol. The van der Waals surface area contributed by atoms with Crippen molar-refractivity contribution in [1.82, 2.24) is 0 Å². The van der Waals surface area contributed by atoms with Gasteiger partial charge in [-0.15, -0.1) is 0 Å². The van der Waals surface area contributed by atoms with Crippen molar-refractivity contribution in [3.8, 4) is 0 Å². The summed E-state index contributed by atoms with van der Waals surface area (Å²) in [5, 5.41) is 9.80. The van der Waals surface area contributed by atoms with E-state index in [-0.39, 0.29) is 6.10 Å². The van der Waals surface area contributed by atoms with Crippen LogP contribution in [0.15, 0.2) is 0 Å². The van der Waals surface area contributed by atoms with E-state index in [0.717, 1.165) is 58.5 Å². The van der Waals surface area contributed by atoms with Crippen LogP contribution >= 0.6 is 0 Å². The number of rotatable bonds is 7. The van der Waals surface area contributed by atoms with Crippen molar-refractivity contribution >= 4 is 0 Å². The van der Waals surface area contributed by atoms with Crippen molar-refractivity contribution in [2.75, 3.05) is 26.4 Å². The molecule has 0 aromatic rings. The fraction of sp³-hybridized carbons (Fsp3) is 1.00. The molecule has 0 bridgehead atoms. The van der Waals surface area contributed by atoms with Crippen molar-refractivity contribution in [3.05, 3.63) is 0 Å². The van der Waals surface area contributed by atoms with Crippen LogP contribution in [0.4, 0.5) is 0 Å². The van der Waals surface area contributed by atoms with Crippen LogP contribution in [0.5, 0.6) is 0 Å². The number of aliphatic hydroxyl groups is 1. The summed E-state index contributed by atoms with van der Waals surface area (Å²) in [6, 6.07) is 0. The molecule has 0 amide bonds. The van der Waals surface area contributed by atoms with E-state index in [0.29, 0.717) is 5.92 Å². The van der Waals surface area contributed by atoms with Gasteiger partial charge in [0.2, 0.25) is 0 Å². The molecule has 1 N–H and O–H groups in total. The van der Waals surface area contributed by atoms with Crippen molar-refractivity contribution in [3.63, 3.8) is 0 Å². The Hall–Kier alpha value is -0.120. The summed E-state index contributed by atoms with van der Waals surface area (Å²) in [6.45, 7) is 5.29. The molecule has 1 rings (SSSR count). The third kappa shape index (κ3) is 6.13. The average molecular weight is 216 g/mol. The van der Waals surface area contributed by atoms with Gasteiger partial charge in [0.25, 0.3) is 0 Å². The van der Waals surface area contributed by atoms with E-state index in [1.807, 2.05) is 6.92 Å². The van der Waals surface area contributed by atoms with E-state index in [2.05, 4.69) is 0 Å². The Morgan fingerprint density at radius 1 is 1.40 bits per heavy atom. The van der Waals surface area contributed by atoms with Crippen molar-refractivity contribution < 1.29 is 14.6 Å². The fourth-order valence-corrected chi connectivity index (χ4v) is 2.05. The molecule has 15 heavy (non-hydrogen) atoms. The highest BCUT2D eigenvalue weighted by molar-refractivity contribution is 4.68. The number of ether oxygens (including phenoxy) is 2. The van der Waals surface area contributed by atoms with E-state index >= 15 is 0 Å². The summed E-state index contributed by atoms with van der Waals surface area (Å²) >= 11 is 0. The van der Waals surface area contributed by atoms with E-state index in [1.54, 1.807) is 0 Å². The minimum atomic E-state index is -0.145. The molecule has 90 valence electrons. The highest BCUT2D eigenvalue weighted by Crippen LogP contribution is 2.21. The predicted molar refractivity (Wildman–Crippen MR) is 59.9 cm³/mol. The first-order chi connectivity index (χ1) is 7.33. The van der Waals surface area contributed by atoms with Crippen LogP contribution in [0.1, 0.15) is 39.0 Å². The van der Waals surface area contributed by atoms with Crippen molar-refractivity contribution in [2.45, 2.75) is 45.1 Å². The lowest BCUT2D eigenvalue weighted by Gasteiger charge is -2.24. The maximum absolute atomic E-state index is 9.80. The zero-order chi connectivity index (χ0) is 10.9. The summed E-state index contributed by atoms with van der Waals surface area (Å²) in [6.07, 6.45) is 4.87. The average Bonchev–Trinajstić information content (AvgIpc) is 2.26. The van der Waals surface area contributed by atoms with Crippen LogP contribution in [0.25, 0.3) is 0 Å². The van der Waals surface area contributed by atoms with Crippen LogP contribution in [-0.4, -0.2) is 37.6 Å². The molecule has 1 fully saturated rings. The lowest BCUT2D eigenvalue weighted by Crippen LogP contribution is -2.21. The molecule has 3 nitrogen and oxygen atoms in total. The van der Waals surface area contributed by atoms with Crippen LogP contribution in [0, 0.1) is 5.92 Å². The summed E-state index contributed by atoms with van der Waals surface area (Å²) in [5.41, 5.74) is 0. The minimum absolute atomic E-state index is 0.145. The topological polar surface area (TPSA) is 38.7 Å². The Labute approximate surface area is 92.8 Å². The first-order valence-corrected chi connectivity index (χ1v) is 6.16. The van der Waals surface area contributed by atoms with Gasteiger partial charge >= 0.3 is 0 Å². The molecule has 0 saturated carbocycles. The summed E-state index contributed by atoms with van der Waals surface area (Å²) in [7, 11) is 0. The quantitative estimate of drug-likeness (QED) is 0.661. The van der Waals surface area contributed by atoms with E-state index < -0.39 is 0 Å². The second kappa shape index (κ2) is 8.08. The Balaban J connectivity index is 1.98. The van der Waals surface area contributed by atoms with Crippen LogP contribution in [-0.2, 0) is 9.47 Å². The molecule has 0 aromatic heterocycles. The maximum Gasteiger partial charge on any atom is 0.0543 e. The Bertz CT molecular complexity index is 144. The minimum Gasteiger partial charge on any atom is -0.393 e. The Morgan fingerprint density at radius 2 is 2.13 bits per heavy atom. The van der Waals surface area contributed by atoms with Gasteiger partial charge in [-0.3, -0.25) is 0 Å². The van der Waals surface area contributed by atoms with Gasteiger partial charge in [0, 0.05) is 26.4 Å². The summed E-state index contributed by atoms with van der Waals surface area (Å²) in [5.74, 6) is 0.667. The standard InChI is InChI=1S/C12H24O3/c1-2-14-7-3-4-12(13)10-11-5-8-15-9-6-11/h11-13H,2-10H2,1H3. The van der Waals surface area contributed by atoms with Gasteiger partial charge in [-0.2, -0.15) is 0 Å². The molecular weight excluding hydrogens is 192 g/mol. The highest BCUT2D eigenvalue weighted by atomic mass is 16.5. The molecule has 0 aliphatic carbocycles. The maximum atomic E-state index is 9.80.